The summed E-state index contributed by atoms with van der Waals surface area (Å²) in [6, 6.07) is 16.0. The molecule has 0 aromatic heterocycles. The Kier molecular flexibility index (Phi) is 11.2. The molecule has 1 N–H and O–H groups in total. The number of unbranched alkanes of at least 4 members (excludes halogenated alkanes) is 6. The Balaban J connectivity index is 1.74. The molecule has 0 atom stereocenters. The lowest BCUT2D eigenvalue weighted by Crippen LogP contribution is -2.10. The lowest BCUT2D eigenvalue weighted by molar-refractivity contribution is 0.305. The molecule has 2 rings (SSSR count). The van der Waals surface area contributed by atoms with Gasteiger partial charge < -0.3 is 14.8 Å². The van der Waals surface area contributed by atoms with Crippen LogP contribution in [0.1, 0.15) is 70.8 Å². The van der Waals surface area contributed by atoms with Crippen molar-refractivity contribution in [1.82, 2.24) is 0 Å². The van der Waals surface area contributed by atoms with Crippen LogP contribution in [0.3, 0.4) is 0 Å². The van der Waals surface area contributed by atoms with E-state index in [0.717, 1.165) is 48.8 Å². The predicted octanol–water partition coefficient (Wildman–Crippen LogP) is 7.39. The monoisotopic (exact) mass is 413 g/mol. The molecule has 0 saturated carbocycles. The van der Waals surface area contributed by atoms with Crippen molar-refractivity contribution in [2.24, 2.45) is 0 Å². The zero-order valence-corrected chi connectivity index (χ0v) is 18.7. The summed E-state index contributed by atoms with van der Waals surface area (Å²) in [6.07, 6.45) is 9.70. The number of benzene rings is 2. The number of hydrogen-bond donors (Lipinski definition) is 1. The van der Waals surface area contributed by atoms with Crippen molar-refractivity contribution in [3.63, 3.8) is 0 Å². The van der Waals surface area contributed by atoms with Gasteiger partial charge in [0, 0.05) is 11.3 Å². The molecule has 0 bridgehead atoms. The first-order valence-electron chi connectivity index (χ1n) is 11.0. The van der Waals surface area contributed by atoms with Crippen molar-refractivity contribution in [1.29, 1.82) is 0 Å². The zero-order valence-electron chi connectivity index (χ0n) is 17.9. The maximum absolute atomic E-state index is 5.79. The average Bonchev–Trinajstić information content (AvgIpc) is 2.75. The molecule has 3 nitrogen and oxygen atoms in total. The van der Waals surface area contributed by atoms with Crippen LogP contribution in [-0.2, 0) is 0 Å². The fourth-order valence-electron chi connectivity index (χ4n) is 2.98. The van der Waals surface area contributed by atoms with E-state index in [1.165, 1.54) is 38.5 Å². The molecular formula is C25H35NO2S. The standard InChI is InChI=1S/C25H35NO2S/c1-3-5-7-9-19-27-23-15-11-21(12-16-23)25(29)26-22-13-17-24(18-14-22)28-20-10-8-6-4-2/h11-18H,3-10,19-20H2,1-2H3,(H,26,29). The minimum atomic E-state index is 0.702. The van der Waals surface area contributed by atoms with Gasteiger partial charge in [0.05, 0.1) is 13.2 Å². The largest absolute Gasteiger partial charge is 0.494 e. The molecule has 0 saturated heterocycles. The molecule has 29 heavy (non-hydrogen) atoms. The lowest BCUT2D eigenvalue weighted by Gasteiger charge is -2.11. The molecule has 0 aliphatic heterocycles. The second-order valence-corrected chi connectivity index (χ2v) is 7.73. The Morgan fingerprint density at radius 2 is 1.17 bits per heavy atom. The summed E-state index contributed by atoms with van der Waals surface area (Å²) in [5, 5.41) is 3.29. The van der Waals surface area contributed by atoms with Crippen molar-refractivity contribution >= 4 is 22.9 Å². The Labute approximate surface area is 181 Å². The van der Waals surface area contributed by atoms with Gasteiger partial charge in [0.1, 0.15) is 16.5 Å². The van der Waals surface area contributed by atoms with Crippen molar-refractivity contribution in [3.8, 4) is 11.5 Å². The molecule has 0 spiro atoms. The Hall–Kier alpha value is -2.07. The van der Waals surface area contributed by atoms with Crippen LogP contribution in [0, 0.1) is 0 Å². The van der Waals surface area contributed by atoms with Crippen LogP contribution in [0.4, 0.5) is 5.69 Å². The first-order valence-corrected chi connectivity index (χ1v) is 11.4. The van der Waals surface area contributed by atoms with E-state index in [9.17, 15) is 0 Å². The van der Waals surface area contributed by atoms with Gasteiger partial charge >= 0.3 is 0 Å². The first-order chi connectivity index (χ1) is 14.2. The van der Waals surface area contributed by atoms with Gasteiger partial charge in [-0.2, -0.15) is 0 Å². The number of rotatable bonds is 14. The third kappa shape index (κ3) is 9.31. The third-order valence-electron chi connectivity index (χ3n) is 4.76. The van der Waals surface area contributed by atoms with E-state index >= 15 is 0 Å². The minimum Gasteiger partial charge on any atom is -0.494 e. The van der Waals surface area contributed by atoms with Gasteiger partial charge in [0.2, 0.25) is 0 Å². The van der Waals surface area contributed by atoms with E-state index in [1.54, 1.807) is 0 Å². The van der Waals surface area contributed by atoms with E-state index < -0.39 is 0 Å². The van der Waals surface area contributed by atoms with E-state index in [0.29, 0.717) is 4.99 Å². The van der Waals surface area contributed by atoms with Crippen LogP contribution in [-0.4, -0.2) is 18.2 Å². The van der Waals surface area contributed by atoms with Gasteiger partial charge in [0.15, 0.2) is 0 Å². The summed E-state index contributed by atoms with van der Waals surface area (Å²) in [4.78, 5) is 0.702. The van der Waals surface area contributed by atoms with E-state index in [1.807, 2.05) is 48.5 Å². The number of hydrogen-bond acceptors (Lipinski definition) is 3. The number of anilines is 1. The van der Waals surface area contributed by atoms with E-state index in [4.69, 9.17) is 21.7 Å². The lowest BCUT2D eigenvalue weighted by atomic mass is 10.2. The predicted molar refractivity (Wildman–Crippen MR) is 127 cm³/mol. The first kappa shape index (κ1) is 23.2. The summed E-state index contributed by atoms with van der Waals surface area (Å²) in [5.41, 5.74) is 1.94. The van der Waals surface area contributed by atoms with Crippen LogP contribution < -0.4 is 14.8 Å². The smallest absolute Gasteiger partial charge is 0.119 e. The third-order valence-corrected chi connectivity index (χ3v) is 5.10. The fraction of sp³-hybridized carbons (Fsp3) is 0.480. The molecule has 0 heterocycles. The number of ether oxygens (including phenoxy) is 2. The topological polar surface area (TPSA) is 30.5 Å². The summed E-state index contributed by atoms with van der Waals surface area (Å²) in [5.74, 6) is 1.80. The number of nitrogens with one attached hydrogen (secondary N) is 1. The highest BCUT2D eigenvalue weighted by Crippen LogP contribution is 2.19. The Morgan fingerprint density at radius 1 is 0.690 bits per heavy atom. The minimum absolute atomic E-state index is 0.702. The molecule has 0 amide bonds. The van der Waals surface area contributed by atoms with Crippen LogP contribution in [0.15, 0.2) is 48.5 Å². The molecule has 0 aliphatic rings. The molecule has 0 fully saturated rings. The van der Waals surface area contributed by atoms with Crippen LogP contribution in [0.2, 0.25) is 0 Å². The van der Waals surface area contributed by atoms with Crippen molar-refractivity contribution in [2.75, 3.05) is 18.5 Å². The SMILES string of the molecule is CCCCCCOc1ccc(NC(=S)c2ccc(OCCCCCC)cc2)cc1. The van der Waals surface area contributed by atoms with Gasteiger partial charge in [-0.1, -0.05) is 64.6 Å². The van der Waals surface area contributed by atoms with Crippen molar-refractivity contribution in [3.05, 3.63) is 54.1 Å². The van der Waals surface area contributed by atoms with Crippen molar-refractivity contribution in [2.45, 2.75) is 65.2 Å². The molecule has 158 valence electrons. The van der Waals surface area contributed by atoms with Gasteiger partial charge in [-0.3, -0.25) is 0 Å². The molecule has 2 aromatic carbocycles. The van der Waals surface area contributed by atoms with Crippen LogP contribution in [0.5, 0.6) is 11.5 Å². The molecule has 0 unspecified atom stereocenters. The molecule has 0 radical (unpaired) electrons. The van der Waals surface area contributed by atoms with Gasteiger partial charge in [-0.25, -0.2) is 0 Å². The van der Waals surface area contributed by atoms with Gasteiger partial charge in [0.25, 0.3) is 0 Å². The summed E-state index contributed by atoms with van der Waals surface area (Å²) in [6.45, 7) is 5.98. The molecule has 4 heteroatoms. The zero-order chi connectivity index (χ0) is 20.7. The number of thiocarbonyl (C=S) groups is 1. The van der Waals surface area contributed by atoms with E-state index in [-0.39, 0.29) is 0 Å². The quantitative estimate of drug-likeness (QED) is 0.258. The normalized spacial score (nSPS) is 10.6. The second-order valence-electron chi connectivity index (χ2n) is 7.32. The summed E-state index contributed by atoms with van der Waals surface area (Å²) < 4.78 is 11.6. The van der Waals surface area contributed by atoms with Gasteiger partial charge in [-0.05, 0) is 61.4 Å². The molecule has 0 aliphatic carbocycles. The molecule has 2 aromatic rings. The van der Waals surface area contributed by atoms with Crippen LogP contribution >= 0.6 is 12.2 Å². The summed E-state index contributed by atoms with van der Waals surface area (Å²) >= 11 is 5.54. The van der Waals surface area contributed by atoms with E-state index in [2.05, 4.69) is 19.2 Å². The highest BCUT2D eigenvalue weighted by atomic mass is 32.1. The molecular weight excluding hydrogens is 378 g/mol. The highest BCUT2D eigenvalue weighted by Gasteiger charge is 2.03. The maximum Gasteiger partial charge on any atom is 0.119 e. The summed E-state index contributed by atoms with van der Waals surface area (Å²) in [7, 11) is 0. The van der Waals surface area contributed by atoms with Crippen molar-refractivity contribution < 1.29 is 9.47 Å². The maximum atomic E-state index is 5.79. The fourth-order valence-corrected chi connectivity index (χ4v) is 3.23. The van der Waals surface area contributed by atoms with Crippen LogP contribution in [0.25, 0.3) is 0 Å². The Bertz CT molecular complexity index is 698. The highest BCUT2D eigenvalue weighted by molar-refractivity contribution is 7.81. The average molecular weight is 414 g/mol. The Morgan fingerprint density at radius 3 is 1.66 bits per heavy atom. The van der Waals surface area contributed by atoms with Gasteiger partial charge in [-0.15, -0.1) is 0 Å². The second kappa shape index (κ2) is 14.0.